The van der Waals surface area contributed by atoms with Gasteiger partial charge in [0, 0.05) is 5.54 Å². The van der Waals surface area contributed by atoms with Crippen LogP contribution >= 0.6 is 0 Å². The van der Waals surface area contributed by atoms with Crippen molar-refractivity contribution in [2.75, 3.05) is 0 Å². The summed E-state index contributed by atoms with van der Waals surface area (Å²) < 4.78 is 5.64. The van der Waals surface area contributed by atoms with Crippen LogP contribution in [-0.2, 0) is 9.53 Å². The Morgan fingerprint density at radius 1 is 1.06 bits per heavy atom. The molecule has 1 aliphatic carbocycles. The quantitative estimate of drug-likeness (QED) is 0.610. The second kappa shape index (κ2) is 5.38. The van der Waals surface area contributed by atoms with Crippen LogP contribution in [0, 0.1) is 5.41 Å². The molecule has 0 aliphatic heterocycles. The van der Waals surface area contributed by atoms with Crippen LogP contribution in [0.25, 0.3) is 0 Å². The van der Waals surface area contributed by atoms with Gasteiger partial charge in [0.05, 0.1) is 5.41 Å². The van der Waals surface area contributed by atoms with Crippen molar-refractivity contribution in [3.05, 3.63) is 0 Å². The van der Waals surface area contributed by atoms with E-state index in [2.05, 4.69) is 0 Å². The summed E-state index contributed by atoms with van der Waals surface area (Å²) in [5.41, 5.74) is 4.85. The fraction of sp³-hybridized carbons (Fsp3) is 0.929. The van der Waals surface area contributed by atoms with Gasteiger partial charge in [0.25, 0.3) is 0 Å². The van der Waals surface area contributed by atoms with Gasteiger partial charge in [-0.3, -0.25) is 4.79 Å². The monoisotopic (exact) mass is 241 g/mol. The first-order chi connectivity index (χ1) is 7.75. The first kappa shape index (κ1) is 14.5. The van der Waals surface area contributed by atoms with Gasteiger partial charge in [-0.2, -0.15) is 0 Å². The normalized spacial score (nSPS) is 19.8. The van der Waals surface area contributed by atoms with Crippen LogP contribution in [0.3, 0.4) is 0 Å². The highest BCUT2D eigenvalue weighted by Crippen LogP contribution is 2.31. The Morgan fingerprint density at radius 2 is 1.53 bits per heavy atom. The van der Waals surface area contributed by atoms with Gasteiger partial charge in [0.2, 0.25) is 0 Å². The number of ether oxygens (including phenoxy) is 1. The van der Waals surface area contributed by atoms with Gasteiger partial charge < -0.3 is 10.5 Å². The van der Waals surface area contributed by atoms with Crippen molar-refractivity contribution in [3.63, 3.8) is 0 Å². The average molecular weight is 241 g/mol. The topological polar surface area (TPSA) is 52.3 Å². The van der Waals surface area contributed by atoms with Gasteiger partial charge in [-0.1, -0.05) is 12.8 Å². The number of nitrogens with two attached hydrogens (primary N) is 1. The summed E-state index contributed by atoms with van der Waals surface area (Å²) in [6.07, 6.45) is 6.99. The third kappa shape index (κ3) is 3.70. The summed E-state index contributed by atoms with van der Waals surface area (Å²) >= 11 is 0. The van der Waals surface area contributed by atoms with E-state index in [1.807, 2.05) is 27.7 Å². The number of hydrogen-bond donors (Lipinski definition) is 1. The fourth-order valence-corrected chi connectivity index (χ4v) is 1.92. The summed E-state index contributed by atoms with van der Waals surface area (Å²) in [5.74, 6) is -0.156. The fourth-order valence-electron chi connectivity index (χ4n) is 1.92. The number of rotatable bonds is 3. The maximum Gasteiger partial charge on any atom is 0.313 e. The molecule has 100 valence electrons. The van der Waals surface area contributed by atoms with E-state index in [-0.39, 0.29) is 12.1 Å². The zero-order chi connectivity index (χ0) is 13.1. The number of carbonyl (C=O) groups is 1. The SMILES string of the molecule is CC(C)(N)C(C)(C)C(=O)OC1CCCCCC1. The molecule has 3 heteroatoms. The zero-order valence-electron chi connectivity index (χ0n) is 11.7. The lowest BCUT2D eigenvalue weighted by atomic mass is 9.75. The molecular formula is C14H27NO2. The van der Waals surface area contributed by atoms with E-state index in [0.717, 1.165) is 12.8 Å². The number of carbonyl (C=O) groups excluding carboxylic acids is 1. The second-order valence-corrected chi connectivity index (χ2v) is 6.37. The molecule has 0 saturated heterocycles. The largest absolute Gasteiger partial charge is 0.462 e. The van der Waals surface area contributed by atoms with Crippen LogP contribution in [0.2, 0.25) is 0 Å². The van der Waals surface area contributed by atoms with Crippen LogP contribution in [0.5, 0.6) is 0 Å². The summed E-state index contributed by atoms with van der Waals surface area (Å²) in [4.78, 5) is 12.2. The average Bonchev–Trinajstić information content (AvgIpc) is 2.44. The molecule has 0 aromatic heterocycles. The van der Waals surface area contributed by atoms with E-state index in [4.69, 9.17) is 10.5 Å². The highest BCUT2D eigenvalue weighted by molar-refractivity contribution is 5.77. The standard InChI is InChI=1S/C14H27NO2/c1-13(2,14(3,4)15)12(16)17-11-9-7-5-6-8-10-11/h11H,5-10,15H2,1-4H3. The minimum absolute atomic E-state index is 0.103. The molecule has 0 bridgehead atoms. The van der Waals surface area contributed by atoms with Crippen molar-refractivity contribution in [1.82, 2.24) is 0 Å². The molecule has 1 aliphatic rings. The Balaban J connectivity index is 2.58. The molecule has 0 heterocycles. The van der Waals surface area contributed by atoms with Crippen molar-refractivity contribution in [2.45, 2.75) is 77.9 Å². The van der Waals surface area contributed by atoms with Crippen LogP contribution in [0.15, 0.2) is 0 Å². The van der Waals surface area contributed by atoms with Crippen molar-refractivity contribution < 1.29 is 9.53 Å². The Hall–Kier alpha value is -0.570. The molecule has 0 aromatic carbocycles. The van der Waals surface area contributed by atoms with E-state index in [1.165, 1.54) is 25.7 Å². The van der Waals surface area contributed by atoms with Gasteiger partial charge in [0.15, 0.2) is 0 Å². The predicted molar refractivity (Wildman–Crippen MR) is 69.6 cm³/mol. The molecule has 0 aromatic rings. The summed E-state index contributed by atoms with van der Waals surface area (Å²) in [6, 6.07) is 0. The van der Waals surface area contributed by atoms with Crippen molar-refractivity contribution >= 4 is 5.97 Å². The van der Waals surface area contributed by atoms with E-state index >= 15 is 0 Å². The first-order valence-corrected chi connectivity index (χ1v) is 6.75. The van der Waals surface area contributed by atoms with Gasteiger partial charge in [0.1, 0.15) is 6.10 Å². The van der Waals surface area contributed by atoms with E-state index in [9.17, 15) is 4.79 Å². The highest BCUT2D eigenvalue weighted by Gasteiger charge is 2.42. The van der Waals surface area contributed by atoms with Crippen LogP contribution < -0.4 is 5.73 Å². The van der Waals surface area contributed by atoms with Crippen LogP contribution in [-0.4, -0.2) is 17.6 Å². The lowest BCUT2D eigenvalue weighted by Crippen LogP contribution is -2.53. The van der Waals surface area contributed by atoms with Gasteiger partial charge >= 0.3 is 5.97 Å². The maximum atomic E-state index is 12.2. The van der Waals surface area contributed by atoms with E-state index in [1.54, 1.807) is 0 Å². The molecule has 0 unspecified atom stereocenters. The smallest absolute Gasteiger partial charge is 0.313 e. The van der Waals surface area contributed by atoms with Crippen LogP contribution in [0.4, 0.5) is 0 Å². The molecule has 3 nitrogen and oxygen atoms in total. The third-order valence-electron chi connectivity index (χ3n) is 4.20. The Kier molecular flexibility index (Phi) is 4.59. The molecule has 0 spiro atoms. The van der Waals surface area contributed by atoms with Crippen LogP contribution in [0.1, 0.15) is 66.2 Å². The minimum atomic E-state index is -0.640. The van der Waals surface area contributed by atoms with E-state index in [0.29, 0.717) is 0 Å². The van der Waals surface area contributed by atoms with Gasteiger partial charge in [-0.05, 0) is 53.4 Å². The van der Waals surface area contributed by atoms with Gasteiger partial charge in [-0.25, -0.2) is 0 Å². The van der Waals surface area contributed by atoms with Crippen molar-refractivity contribution in [1.29, 1.82) is 0 Å². The lowest BCUT2D eigenvalue weighted by Gasteiger charge is -2.37. The molecule has 17 heavy (non-hydrogen) atoms. The Labute approximate surface area is 105 Å². The summed E-state index contributed by atoms with van der Waals surface area (Å²) in [6.45, 7) is 7.49. The van der Waals surface area contributed by atoms with Crippen molar-refractivity contribution in [3.8, 4) is 0 Å². The zero-order valence-corrected chi connectivity index (χ0v) is 11.7. The Bertz CT molecular complexity index is 258. The minimum Gasteiger partial charge on any atom is -0.462 e. The number of esters is 1. The Morgan fingerprint density at radius 3 is 1.94 bits per heavy atom. The maximum absolute atomic E-state index is 12.2. The molecule has 1 saturated carbocycles. The molecular weight excluding hydrogens is 214 g/mol. The molecule has 1 rings (SSSR count). The first-order valence-electron chi connectivity index (χ1n) is 6.75. The van der Waals surface area contributed by atoms with E-state index < -0.39 is 11.0 Å². The molecule has 0 amide bonds. The molecule has 0 radical (unpaired) electrons. The third-order valence-corrected chi connectivity index (χ3v) is 4.20. The summed E-state index contributed by atoms with van der Waals surface area (Å²) in [5, 5.41) is 0. The highest BCUT2D eigenvalue weighted by atomic mass is 16.5. The second-order valence-electron chi connectivity index (χ2n) is 6.37. The predicted octanol–water partition coefficient (Wildman–Crippen LogP) is 3.02. The molecule has 1 fully saturated rings. The van der Waals surface area contributed by atoms with Crippen molar-refractivity contribution in [2.24, 2.45) is 11.1 Å². The molecule has 0 atom stereocenters. The number of hydrogen-bond acceptors (Lipinski definition) is 3. The lowest BCUT2D eigenvalue weighted by molar-refractivity contribution is -0.163. The van der Waals surface area contributed by atoms with Gasteiger partial charge in [-0.15, -0.1) is 0 Å². The molecule has 2 N–H and O–H groups in total. The summed E-state index contributed by atoms with van der Waals surface area (Å²) in [7, 11) is 0.